The second-order valence-electron chi connectivity index (χ2n) is 5.03. The zero-order chi connectivity index (χ0) is 15.9. The Morgan fingerprint density at radius 2 is 2.22 bits per heavy atom. The fourth-order valence-corrected chi connectivity index (χ4v) is 2.14. The van der Waals surface area contributed by atoms with E-state index < -0.39 is 6.04 Å². The molecule has 7 heteroatoms. The first kappa shape index (κ1) is 19.0. The van der Waals surface area contributed by atoms with E-state index in [1.165, 1.54) is 0 Å². The third-order valence-electron chi connectivity index (χ3n) is 3.18. The quantitative estimate of drug-likeness (QED) is 0.814. The summed E-state index contributed by atoms with van der Waals surface area (Å²) in [5, 5.41) is 10.0. The van der Waals surface area contributed by atoms with Crippen LogP contribution < -0.4 is 15.4 Å². The van der Waals surface area contributed by atoms with Gasteiger partial charge in [0.1, 0.15) is 11.8 Å². The zero-order valence-electron chi connectivity index (χ0n) is 13.6. The number of carbonyl (C=O) groups is 1. The monoisotopic (exact) mass is 338 g/mol. The number of aryl methyl sites for hydroxylation is 1. The molecule has 0 aliphatic rings. The molecule has 0 aliphatic heterocycles. The van der Waals surface area contributed by atoms with Gasteiger partial charge in [-0.2, -0.15) is 5.10 Å². The summed E-state index contributed by atoms with van der Waals surface area (Å²) in [7, 11) is 3.57. The van der Waals surface area contributed by atoms with Crippen molar-refractivity contribution < 1.29 is 9.53 Å². The predicted molar refractivity (Wildman–Crippen MR) is 93.1 cm³/mol. The maximum Gasteiger partial charge on any atom is 0.246 e. The lowest BCUT2D eigenvalue weighted by atomic mass is 10.1. The molecule has 0 bridgehead atoms. The van der Waals surface area contributed by atoms with Crippen LogP contribution in [-0.2, 0) is 11.8 Å². The number of rotatable bonds is 7. The maximum absolute atomic E-state index is 12.4. The van der Waals surface area contributed by atoms with E-state index >= 15 is 0 Å². The van der Waals surface area contributed by atoms with E-state index in [4.69, 9.17) is 4.74 Å². The molecule has 0 fully saturated rings. The van der Waals surface area contributed by atoms with E-state index in [1.807, 2.05) is 37.5 Å². The summed E-state index contributed by atoms with van der Waals surface area (Å²) in [4.78, 5) is 12.4. The number of nitrogens with one attached hydrogen (secondary N) is 2. The van der Waals surface area contributed by atoms with E-state index in [0.29, 0.717) is 12.3 Å². The number of hydrogen-bond acceptors (Lipinski definition) is 4. The molecule has 2 N–H and O–H groups in total. The molecule has 1 atom stereocenters. The second kappa shape index (κ2) is 9.17. The lowest BCUT2D eigenvalue weighted by Crippen LogP contribution is -2.30. The number of aromatic nitrogens is 2. The third-order valence-corrected chi connectivity index (χ3v) is 3.18. The Labute approximate surface area is 142 Å². The van der Waals surface area contributed by atoms with Crippen LogP contribution in [0.15, 0.2) is 36.7 Å². The van der Waals surface area contributed by atoms with Crippen LogP contribution in [0.2, 0.25) is 0 Å². The summed E-state index contributed by atoms with van der Waals surface area (Å²) >= 11 is 0. The molecular weight excluding hydrogens is 316 g/mol. The molecule has 23 heavy (non-hydrogen) atoms. The first-order valence-corrected chi connectivity index (χ1v) is 7.33. The van der Waals surface area contributed by atoms with E-state index in [0.717, 1.165) is 17.7 Å². The van der Waals surface area contributed by atoms with Crippen molar-refractivity contribution in [3.63, 3.8) is 0 Å². The molecule has 1 aromatic carbocycles. The van der Waals surface area contributed by atoms with Crippen molar-refractivity contribution in [3.8, 4) is 5.75 Å². The minimum Gasteiger partial charge on any atom is -0.494 e. The van der Waals surface area contributed by atoms with Gasteiger partial charge in [-0.3, -0.25) is 9.48 Å². The first-order chi connectivity index (χ1) is 10.6. The summed E-state index contributed by atoms with van der Waals surface area (Å²) in [6.45, 7) is 2.71. The van der Waals surface area contributed by atoms with Gasteiger partial charge in [-0.05, 0) is 25.6 Å². The fraction of sp³-hybridized carbons (Fsp3) is 0.375. The normalized spacial score (nSPS) is 11.4. The molecule has 0 saturated carbocycles. The van der Waals surface area contributed by atoms with Gasteiger partial charge in [0.05, 0.1) is 12.8 Å². The van der Waals surface area contributed by atoms with Crippen molar-refractivity contribution in [2.75, 3.05) is 19.0 Å². The molecule has 1 unspecified atom stereocenters. The topological polar surface area (TPSA) is 68.2 Å². The highest BCUT2D eigenvalue weighted by atomic mass is 35.5. The molecule has 0 saturated heterocycles. The number of hydrogen-bond donors (Lipinski definition) is 2. The number of likely N-dealkylation sites (N-methyl/N-ethyl adjacent to an activating group) is 1. The maximum atomic E-state index is 12.4. The summed E-state index contributed by atoms with van der Waals surface area (Å²) < 4.78 is 7.24. The Bertz CT molecular complexity index is 630. The lowest BCUT2D eigenvalue weighted by Gasteiger charge is -2.15. The number of ether oxygens (including phenoxy) is 1. The Kier molecular flexibility index (Phi) is 7.57. The Hall–Kier alpha value is -2.05. The van der Waals surface area contributed by atoms with E-state index in [2.05, 4.69) is 22.7 Å². The highest BCUT2D eigenvalue weighted by Crippen LogP contribution is 2.20. The predicted octanol–water partition coefficient (Wildman–Crippen LogP) is 2.53. The van der Waals surface area contributed by atoms with Crippen molar-refractivity contribution >= 4 is 24.0 Å². The van der Waals surface area contributed by atoms with Crippen molar-refractivity contribution in [1.82, 2.24) is 15.1 Å². The number of halogens is 1. The van der Waals surface area contributed by atoms with E-state index in [1.54, 1.807) is 17.9 Å². The second-order valence-corrected chi connectivity index (χ2v) is 5.03. The van der Waals surface area contributed by atoms with Gasteiger partial charge < -0.3 is 15.4 Å². The Morgan fingerprint density at radius 1 is 1.43 bits per heavy atom. The molecule has 6 nitrogen and oxygen atoms in total. The average molecular weight is 339 g/mol. The summed E-state index contributed by atoms with van der Waals surface area (Å²) in [6, 6.07) is 6.95. The molecule has 1 amide bonds. The molecule has 2 rings (SSSR count). The van der Waals surface area contributed by atoms with Gasteiger partial charge in [-0.25, -0.2) is 0 Å². The van der Waals surface area contributed by atoms with Gasteiger partial charge in [-0.1, -0.05) is 13.0 Å². The zero-order valence-corrected chi connectivity index (χ0v) is 14.4. The van der Waals surface area contributed by atoms with Crippen LogP contribution in [0.5, 0.6) is 5.75 Å². The van der Waals surface area contributed by atoms with Crippen LogP contribution in [0.4, 0.5) is 5.69 Å². The minimum atomic E-state index is -0.450. The van der Waals surface area contributed by atoms with Crippen LogP contribution in [0.25, 0.3) is 0 Å². The molecular formula is C16H23ClN4O2. The lowest BCUT2D eigenvalue weighted by molar-refractivity contribution is -0.118. The van der Waals surface area contributed by atoms with Crippen LogP contribution >= 0.6 is 12.4 Å². The fourth-order valence-electron chi connectivity index (χ4n) is 2.14. The summed E-state index contributed by atoms with van der Waals surface area (Å²) in [6.07, 6.45) is 4.45. The van der Waals surface area contributed by atoms with Gasteiger partial charge in [-0.15, -0.1) is 12.4 Å². The molecule has 0 spiro atoms. The SMILES string of the molecule is CCCOc1cccc(NC(=O)C(NC)c2cnn(C)c2)c1.Cl. The van der Waals surface area contributed by atoms with Crippen LogP contribution in [0.1, 0.15) is 24.9 Å². The Morgan fingerprint density at radius 3 is 2.83 bits per heavy atom. The summed E-state index contributed by atoms with van der Waals surface area (Å²) in [5.41, 5.74) is 1.53. The van der Waals surface area contributed by atoms with Crippen molar-refractivity contribution in [2.24, 2.45) is 7.05 Å². The van der Waals surface area contributed by atoms with Crippen LogP contribution in [0, 0.1) is 0 Å². The highest BCUT2D eigenvalue weighted by Gasteiger charge is 2.20. The number of nitrogens with zero attached hydrogens (tertiary/aromatic N) is 2. The molecule has 0 aliphatic carbocycles. The van der Waals surface area contributed by atoms with Gasteiger partial charge in [0.15, 0.2) is 0 Å². The van der Waals surface area contributed by atoms with Crippen molar-refractivity contribution in [2.45, 2.75) is 19.4 Å². The van der Waals surface area contributed by atoms with Crippen molar-refractivity contribution in [1.29, 1.82) is 0 Å². The number of amides is 1. The number of carbonyl (C=O) groups excluding carboxylic acids is 1. The number of anilines is 1. The molecule has 1 heterocycles. The van der Waals surface area contributed by atoms with Crippen LogP contribution in [-0.4, -0.2) is 29.3 Å². The van der Waals surface area contributed by atoms with Gasteiger partial charge in [0, 0.05) is 30.6 Å². The average Bonchev–Trinajstić information content (AvgIpc) is 2.92. The number of benzene rings is 1. The molecule has 2 aromatic rings. The smallest absolute Gasteiger partial charge is 0.246 e. The minimum absolute atomic E-state index is 0. The molecule has 1 aromatic heterocycles. The molecule has 0 radical (unpaired) electrons. The Balaban J connectivity index is 0.00000264. The van der Waals surface area contributed by atoms with E-state index in [9.17, 15) is 4.79 Å². The van der Waals surface area contributed by atoms with E-state index in [-0.39, 0.29) is 18.3 Å². The first-order valence-electron chi connectivity index (χ1n) is 7.33. The van der Waals surface area contributed by atoms with Crippen LogP contribution in [0.3, 0.4) is 0 Å². The summed E-state index contributed by atoms with van der Waals surface area (Å²) in [5.74, 6) is 0.616. The largest absolute Gasteiger partial charge is 0.494 e. The third kappa shape index (κ3) is 5.26. The van der Waals surface area contributed by atoms with Gasteiger partial charge in [0.2, 0.25) is 5.91 Å². The van der Waals surface area contributed by atoms with Gasteiger partial charge in [0.25, 0.3) is 0 Å². The van der Waals surface area contributed by atoms with Crippen molar-refractivity contribution in [3.05, 3.63) is 42.2 Å². The standard InChI is InChI=1S/C16H22N4O2.ClH/c1-4-8-22-14-7-5-6-13(9-14)19-16(21)15(17-2)12-10-18-20(3)11-12;/h5-7,9-11,15,17H,4,8H2,1-3H3,(H,19,21);1H. The van der Waals surface area contributed by atoms with Gasteiger partial charge >= 0.3 is 0 Å². The molecule has 126 valence electrons. The highest BCUT2D eigenvalue weighted by molar-refractivity contribution is 5.95.